The molecule has 1 unspecified atom stereocenters. The minimum absolute atomic E-state index is 0.160. The molecule has 104 valence electrons. The summed E-state index contributed by atoms with van der Waals surface area (Å²) in [5, 5.41) is 6.99. The maximum Gasteiger partial charge on any atom is 0.265 e. The first-order valence-electron chi connectivity index (χ1n) is 6.49. The predicted octanol–water partition coefficient (Wildman–Crippen LogP) is 1.21. The van der Waals surface area contributed by atoms with E-state index < -0.39 is 0 Å². The normalized spacial score (nSPS) is 26.4. The van der Waals surface area contributed by atoms with Crippen LogP contribution >= 0.6 is 11.3 Å². The number of hydrogen-bond acceptors (Lipinski definition) is 6. The third kappa shape index (κ3) is 2.82. The summed E-state index contributed by atoms with van der Waals surface area (Å²) in [5.41, 5.74) is 5.53. The highest BCUT2D eigenvalue weighted by atomic mass is 32.1. The van der Waals surface area contributed by atoms with Gasteiger partial charge in [-0.15, -0.1) is 0 Å². The van der Waals surface area contributed by atoms with Gasteiger partial charge in [-0.25, -0.2) is 4.98 Å². The van der Waals surface area contributed by atoms with Crippen molar-refractivity contribution in [2.24, 2.45) is 0 Å². The summed E-state index contributed by atoms with van der Waals surface area (Å²) in [6.45, 7) is 3.21. The number of aromatic nitrogens is 1. The minimum Gasteiger partial charge on any atom is -0.382 e. The van der Waals surface area contributed by atoms with Crippen molar-refractivity contribution < 1.29 is 9.53 Å². The predicted molar refractivity (Wildman–Crippen MR) is 74.5 cm³/mol. The summed E-state index contributed by atoms with van der Waals surface area (Å²) in [6, 6.07) is 0.502. The Kier molecular flexibility index (Phi) is 3.10. The molecule has 1 aliphatic heterocycles. The highest BCUT2D eigenvalue weighted by Crippen LogP contribution is 2.31. The number of thiazole rings is 1. The van der Waals surface area contributed by atoms with Gasteiger partial charge in [0.05, 0.1) is 12.1 Å². The Hall–Kier alpha value is -1.34. The Morgan fingerprint density at radius 1 is 1.58 bits per heavy atom. The van der Waals surface area contributed by atoms with Crippen molar-refractivity contribution in [3.8, 4) is 0 Å². The number of anilines is 2. The van der Waals surface area contributed by atoms with Crippen LogP contribution in [0.25, 0.3) is 0 Å². The molecule has 4 N–H and O–H groups in total. The van der Waals surface area contributed by atoms with E-state index in [-0.39, 0.29) is 11.4 Å². The van der Waals surface area contributed by atoms with Gasteiger partial charge in [-0.1, -0.05) is 11.3 Å². The molecule has 2 heterocycles. The van der Waals surface area contributed by atoms with Crippen LogP contribution in [0, 0.1) is 0 Å². The number of ether oxygens (including phenoxy) is 1. The van der Waals surface area contributed by atoms with Gasteiger partial charge in [-0.05, 0) is 26.2 Å². The van der Waals surface area contributed by atoms with Crippen LogP contribution in [-0.4, -0.2) is 35.7 Å². The number of nitrogens with one attached hydrogen (secondary N) is 2. The van der Waals surface area contributed by atoms with Crippen LogP contribution in [0.15, 0.2) is 0 Å². The van der Waals surface area contributed by atoms with Crippen LogP contribution in [-0.2, 0) is 4.74 Å². The zero-order valence-electron chi connectivity index (χ0n) is 10.9. The smallest absolute Gasteiger partial charge is 0.265 e. The van der Waals surface area contributed by atoms with E-state index in [1.54, 1.807) is 0 Å². The zero-order valence-corrected chi connectivity index (χ0v) is 11.7. The van der Waals surface area contributed by atoms with Crippen molar-refractivity contribution >= 4 is 28.2 Å². The molecule has 3 rings (SSSR count). The lowest BCUT2D eigenvalue weighted by Gasteiger charge is -2.22. The van der Waals surface area contributed by atoms with Gasteiger partial charge >= 0.3 is 0 Å². The number of amides is 1. The molecule has 7 heteroatoms. The lowest BCUT2D eigenvalue weighted by molar-refractivity contribution is 0.0894. The van der Waals surface area contributed by atoms with Crippen molar-refractivity contribution in [3.05, 3.63) is 4.88 Å². The third-order valence-electron chi connectivity index (χ3n) is 3.40. The van der Waals surface area contributed by atoms with Gasteiger partial charge in [0.1, 0.15) is 10.7 Å². The average molecular weight is 282 g/mol. The van der Waals surface area contributed by atoms with Crippen LogP contribution < -0.4 is 16.4 Å². The third-order valence-corrected chi connectivity index (χ3v) is 4.40. The Bertz CT molecular complexity index is 492. The van der Waals surface area contributed by atoms with Gasteiger partial charge in [-0.2, -0.15) is 0 Å². The van der Waals surface area contributed by atoms with Crippen molar-refractivity contribution in [1.29, 1.82) is 0 Å². The number of hydrogen-bond donors (Lipinski definition) is 3. The molecular formula is C12H18N4O2S. The number of rotatable bonds is 4. The number of carbonyl (C=O) groups is 1. The van der Waals surface area contributed by atoms with Crippen molar-refractivity contribution in [3.63, 3.8) is 0 Å². The molecule has 0 radical (unpaired) electrons. The van der Waals surface area contributed by atoms with E-state index >= 15 is 0 Å². The Morgan fingerprint density at radius 3 is 3.00 bits per heavy atom. The molecular weight excluding hydrogens is 264 g/mol. The molecule has 1 atom stereocenters. The molecule has 2 aliphatic rings. The standard InChI is InChI=1S/C12H18N4O2S/c1-12(4-5-18-6-12)16-10(17)8-9(13)15-11(19-8)14-7-2-3-7/h7H,2-6,13H2,1H3,(H,14,15)(H,16,17). The van der Waals surface area contributed by atoms with Crippen molar-refractivity contribution in [2.75, 3.05) is 24.3 Å². The van der Waals surface area contributed by atoms with Crippen LogP contribution in [0.3, 0.4) is 0 Å². The van der Waals surface area contributed by atoms with Crippen LogP contribution in [0.2, 0.25) is 0 Å². The summed E-state index contributed by atoms with van der Waals surface area (Å²) < 4.78 is 5.32. The Morgan fingerprint density at radius 2 is 2.37 bits per heavy atom. The summed E-state index contributed by atoms with van der Waals surface area (Å²) >= 11 is 1.32. The van der Waals surface area contributed by atoms with Crippen molar-refractivity contribution in [2.45, 2.75) is 37.8 Å². The molecule has 19 heavy (non-hydrogen) atoms. The Balaban J connectivity index is 1.69. The number of nitrogen functional groups attached to an aromatic ring is 1. The molecule has 0 aromatic carbocycles. The summed E-state index contributed by atoms with van der Waals surface area (Å²) in [7, 11) is 0. The first-order valence-corrected chi connectivity index (χ1v) is 7.30. The summed E-state index contributed by atoms with van der Waals surface area (Å²) in [4.78, 5) is 16.9. The quantitative estimate of drug-likeness (QED) is 0.772. The molecule has 0 bridgehead atoms. The monoisotopic (exact) mass is 282 g/mol. The maximum absolute atomic E-state index is 12.2. The molecule has 1 aromatic rings. The molecule has 2 fully saturated rings. The van der Waals surface area contributed by atoms with E-state index in [1.807, 2.05) is 6.92 Å². The van der Waals surface area contributed by atoms with Crippen LogP contribution in [0.1, 0.15) is 35.9 Å². The topological polar surface area (TPSA) is 89.3 Å². The average Bonchev–Trinajstić information content (AvgIpc) is 2.93. The fourth-order valence-electron chi connectivity index (χ4n) is 2.06. The number of carbonyl (C=O) groups excluding carboxylic acids is 1. The summed E-state index contributed by atoms with van der Waals surface area (Å²) in [5.74, 6) is 0.139. The van der Waals surface area contributed by atoms with Crippen molar-refractivity contribution in [1.82, 2.24) is 10.3 Å². The summed E-state index contributed by atoms with van der Waals surface area (Å²) in [6.07, 6.45) is 3.15. The maximum atomic E-state index is 12.2. The van der Waals surface area contributed by atoms with E-state index in [2.05, 4.69) is 15.6 Å². The molecule has 6 nitrogen and oxygen atoms in total. The van der Waals surface area contributed by atoms with Gasteiger partial charge in [0.15, 0.2) is 5.13 Å². The highest BCUT2D eigenvalue weighted by Gasteiger charge is 2.33. The van der Waals surface area contributed by atoms with E-state index in [0.29, 0.717) is 30.0 Å². The molecule has 1 saturated heterocycles. The van der Waals surface area contributed by atoms with Crippen LogP contribution in [0.4, 0.5) is 10.9 Å². The van der Waals surface area contributed by atoms with Gasteiger partial charge in [0.25, 0.3) is 5.91 Å². The first kappa shape index (κ1) is 12.7. The second kappa shape index (κ2) is 4.64. The molecule has 1 aromatic heterocycles. The number of nitrogens with zero attached hydrogens (tertiary/aromatic N) is 1. The second-order valence-electron chi connectivity index (χ2n) is 5.47. The van der Waals surface area contributed by atoms with Gasteiger partial charge in [0.2, 0.25) is 0 Å². The Labute approximate surface area is 115 Å². The van der Waals surface area contributed by atoms with E-state index in [4.69, 9.17) is 10.5 Å². The second-order valence-corrected chi connectivity index (χ2v) is 6.47. The zero-order chi connectivity index (χ0) is 13.5. The van der Waals surface area contributed by atoms with Crippen LogP contribution in [0.5, 0.6) is 0 Å². The molecule has 1 aliphatic carbocycles. The van der Waals surface area contributed by atoms with Gasteiger partial charge < -0.3 is 21.1 Å². The molecule has 1 amide bonds. The minimum atomic E-state index is -0.294. The molecule has 0 spiro atoms. The van der Waals surface area contributed by atoms with Gasteiger partial charge in [-0.3, -0.25) is 4.79 Å². The number of nitrogens with two attached hydrogens (primary N) is 1. The lowest BCUT2D eigenvalue weighted by Crippen LogP contribution is -2.46. The first-order chi connectivity index (χ1) is 9.06. The van der Waals surface area contributed by atoms with E-state index in [9.17, 15) is 4.79 Å². The molecule has 1 saturated carbocycles. The fraction of sp³-hybridized carbons (Fsp3) is 0.667. The van der Waals surface area contributed by atoms with E-state index in [1.165, 1.54) is 11.3 Å². The van der Waals surface area contributed by atoms with E-state index in [0.717, 1.165) is 24.4 Å². The van der Waals surface area contributed by atoms with Gasteiger partial charge in [0, 0.05) is 12.6 Å². The largest absolute Gasteiger partial charge is 0.382 e. The lowest BCUT2D eigenvalue weighted by atomic mass is 10.0. The SMILES string of the molecule is CC1(NC(=O)c2sc(NC3CC3)nc2N)CCOC1. The fourth-order valence-corrected chi connectivity index (χ4v) is 2.91. The highest BCUT2D eigenvalue weighted by molar-refractivity contribution is 7.18.